The summed E-state index contributed by atoms with van der Waals surface area (Å²) in [4.78, 5) is 14.1. The highest BCUT2D eigenvalue weighted by Crippen LogP contribution is 2.15. The minimum Gasteiger partial charge on any atom is -0.399 e. The molecule has 0 heterocycles. The zero-order valence-corrected chi connectivity index (χ0v) is 12.6. The summed E-state index contributed by atoms with van der Waals surface area (Å²) in [5.74, 6) is 0.0157. The Bertz CT molecular complexity index is 410. The van der Waals surface area contributed by atoms with Gasteiger partial charge >= 0.3 is 0 Å². The number of aryl methyl sites for hydroxylation is 1. The summed E-state index contributed by atoms with van der Waals surface area (Å²) in [6.45, 7) is 8.34. The predicted molar refractivity (Wildman–Crippen MR) is 80.9 cm³/mol. The minimum atomic E-state index is 0. The average Bonchev–Trinajstić information content (AvgIpc) is 2.37. The van der Waals surface area contributed by atoms with Gasteiger partial charge in [-0.05, 0) is 38.5 Å². The molecule has 0 aromatic heterocycles. The Kier molecular flexibility index (Phi) is 8.19. The third kappa shape index (κ3) is 5.09. The second-order valence-corrected chi connectivity index (χ2v) is 4.16. The van der Waals surface area contributed by atoms with Crippen molar-refractivity contribution in [3.05, 3.63) is 29.3 Å². The molecule has 0 fully saturated rings. The summed E-state index contributed by atoms with van der Waals surface area (Å²) >= 11 is 0. The fraction of sp³-hybridized carbons (Fsp3) is 0.500. The van der Waals surface area contributed by atoms with E-state index in [9.17, 15) is 4.79 Å². The number of likely N-dealkylation sites (N-methyl/N-ethyl adjacent to an activating group) is 1. The number of nitrogen functional groups attached to an aromatic ring is 1. The number of carbonyl (C=O) groups excluding carboxylic acids is 1. The van der Waals surface area contributed by atoms with E-state index in [1.54, 1.807) is 11.0 Å². The van der Waals surface area contributed by atoms with E-state index in [2.05, 4.69) is 0 Å². The number of benzene rings is 1. The van der Waals surface area contributed by atoms with Gasteiger partial charge in [-0.3, -0.25) is 4.79 Å². The lowest BCUT2D eigenvalue weighted by atomic mass is 10.1. The van der Waals surface area contributed by atoms with Gasteiger partial charge in [0.15, 0.2) is 0 Å². The van der Waals surface area contributed by atoms with Crippen LogP contribution in [0, 0.1) is 6.92 Å². The highest BCUT2D eigenvalue weighted by atomic mass is 35.5. The second-order valence-electron chi connectivity index (χ2n) is 4.16. The second kappa shape index (κ2) is 8.77. The molecule has 5 heteroatoms. The lowest BCUT2D eigenvalue weighted by molar-refractivity contribution is 0.0668. The first-order chi connectivity index (χ1) is 8.60. The zero-order valence-electron chi connectivity index (χ0n) is 11.8. The Morgan fingerprint density at radius 3 is 2.63 bits per heavy atom. The van der Waals surface area contributed by atoms with Gasteiger partial charge < -0.3 is 15.4 Å². The maximum atomic E-state index is 12.4. The van der Waals surface area contributed by atoms with Gasteiger partial charge in [-0.15, -0.1) is 12.4 Å². The molecule has 0 aliphatic carbocycles. The molecule has 108 valence electrons. The van der Waals surface area contributed by atoms with Gasteiger partial charge in [-0.1, -0.05) is 6.07 Å². The van der Waals surface area contributed by atoms with Crippen molar-refractivity contribution in [2.45, 2.75) is 20.8 Å². The van der Waals surface area contributed by atoms with E-state index >= 15 is 0 Å². The molecule has 1 rings (SSSR count). The van der Waals surface area contributed by atoms with Crippen LogP contribution in [-0.4, -0.2) is 37.1 Å². The number of anilines is 1. The van der Waals surface area contributed by atoms with Crippen LogP contribution in [0.15, 0.2) is 18.2 Å². The number of nitrogens with two attached hydrogens (primary N) is 1. The molecule has 1 aromatic rings. The first kappa shape index (κ1) is 17.7. The van der Waals surface area contributed by atoms with Crippen molar-refractivity contribution in [1.29, 1.82) is 0 Å². The molecule has 0 atom stereocenters. The molecule has 0 saturated carbocycles. The molecule has 2 N–H and O–H groups in total. The third-order valence-corrected chi connectivity index (χ3v) is 2.87. The van der Waals surface area contributed by atoms with E-state index in [0.29, 0.717) is 37.6 Å². The molecule has 0 radical (unpaired) electrons. The number of hydrogen-bond donors (Lipinski definition) is 1. The van der Waals surface area contributed by atoms with Crippen LogP contribution in [0.4, 0.5) is 5.69 Å². The fourth-order valence-electron chi connectivity index (χ4n) is 1.76. The maximum absolute atomic E-state index is 12.4. The van der Waals surface area contributed by atoms with E-state index in [1.807, 2.05) is 32.9 Å². The molecule has 19 heavy (non-hydrogen) atoms. The van der Waals surface area contributed by atoms with Crippen LogP contribution < -0.4 is 5.73 Å². The SMILES string of the molecule is CCOCCN(CC)C(=O)c1cc(N)ccc1C.Cl. The summed E-state index contributed by atoms with van der Waals surface area (Å²) < 4.78 is 5.29. The molecular formula is C14H23ClN2O2. The first-order valence-electron chi connectivity index (χ1n) is 6.33. The predicted octanol–water partition coefficient (Wildman–Crippen LogP) is 2.50. The summed E-state index contributed by atoms with van der Waals surface area (Å²) in [5, 5.41) is 0. The Morgan fingerprint density at radius 1 is 1.37 bits per heavy atom. The molecule has 0 aliphatic rings. The lowest BCUT2D eigenvalue weighted by Gasteiger charge is -2.21. The van der Waals surface area contributed by atoms with Crippen molar-refractivity contribution in [3.63, 3.8) is 0 Å². The van der Waals surface area contributed by atoms with E-state index in [-0.39, 0.29) is 18.3 Å². The normalized spacial score (nSPS) is 9.84. The van der Waals surface area contributed by atoms with Crippen LogP contribution in [0.5, 0.6) is 0 Å². The zero-order chi connectivity index (χ0) is 13.5. The number of nitrogens with zero attached hydrogens (tertiary/aromatic N) is 1. The van der Waals surface area contributed by atoms with Crippen LogP contribution in [-0.2, 0) is 4.74 Å². The maximum Gasteiger partial charge on any atom is 0.254 e. The van der Waals surface area contributed by atoms with Crippen molar-refractivity contribution in [2.75, 3.05) is 32.0 Å². The largest absolute Gasteiger partial charge is 0.399 e. The van der Waals surface area contributed by atoms with Crippen LogP contribution >= 0.6 is 12.4 Å². The van der Waals surface area contributed by atoms with Crippen LogP contribution in [0.2, 0.25) is 0 Å². The minimum absolute atomic E-state index is 0. The fourth-order valence-corrected chi connectivity index (χ4v) is 1.76. The molecule has 4 nitrogen and oxygen atoms in total. The Balaban J connectivity index is 0.00000324. The Labute approximate surface area is 121 Å². The van der Waals surface area contributed by atoms with Crippen LogP contribution in [0.1, 0.15) is 29.8 Å². The molecule has 0 saturated heterocycles. The van der Waals surface area contributed by atoms with Gasteiger partial charge in [0.05, 0.1) is 6.61 Å². The number of carbonyl (C=O) groups is 1. The number of halogens is 1. The number of ether oxygens (including phenoxy) is 1. The van der Waals surface area contributed by atoms with Crippen molar-refractivity contribution < 1.29 is 9.53 Å². The standard InChI is InChI=1S/C14H22N2O2.ClH/c1-4-16(8-9-18-5-2)14(17)13-10-12(15)7-6-11(13)3;/h6-7,10H,4-5,8-9,15H2,1-3H3;1H. The summed E-state index contributed by atoms with van der Waals surface area (Å²) in [6.07, 6.45) is 0. The van der Waals surface area contributed by atoms with Gasteiger partial charge in [-0.2, -0.15) is 0 Å². The van der Waals surface area contributed by atoms with Gasteiger partial charge in [0.25, 0.3) is 5.91 Å². The van der Waals surface area contributed by atoms with E-state index in [4.69, 9.17) is 10.5 Å². The molecule has 1 aromatic carbocycles. The molecule has 1 amide bonds. The van der Waals surface area contributed by atoms with Crippen molar-refractivity contribution >= 4 is 24.0 Å². The lowest BCUT2D eigenvalue weighted by Crippen LogP contribution is -2.34. The van der Waals surface area contributed by atoms with E-state index < -0.39 is 0 Å². The van der Waals surface area contributed by atoms with Crippen LogP contribution in [0.25, 0.3) is 0 Å². The monoisotopic (exact) mass is 286 g/mol. The summed E-state index contributed by atoms with van der Waals surface area (Å²) in [6, 6.07) is 5.42. The Morgan fingerprint density at radius 2 is 2.05 bits per heavy atom. The molecule has 0 spiro atoms. The number of rotatable bonds is 6. The average molecular weight is 287 g/mol. The van der Waals surface area contributed by atoms with E-state index in [0.717, 1.165) is 5.56 Å². The Hall–Kier alpha value is -1.26. The van der Waals surface area contributed by atoms with Gasteiger partial charge in [0.2, 0.25) is 0 Å². The quantitative estimate of drug-likeness (QED) is 0.646. The topological polar surface area (TPSA) is 55.6 Å². The van der Waals surface area contributed by atoms with Crippen molar-refractivity contribution in [2.24, 2.45) is 0 Å². The van der Waals surface area contributed by atoms with Crippen molar-refractivity contribution in [1.82, 2.24) is 4.90 Å². The molecule has 0 unspecified atom stereocenters. The van der Waals surface area contributed by atoms with Gasteiger partial charge in [0, 0.05) is 30.9 Å². The van der Waals surface area contributed by atoms with Gasteiger partial charge in [-0.25, -0.2) is 0 Å². The van der Waals surface area contributed by atoms with E-state index in [1.165, 1.54) is 0 Å². The molecule has 0 aliphatic heterocycles. The smallest absolute Gasteiger partial charge is 0.254 e. The van der Waals surface area contributed by atoms with Crippen molar-refractivity contribution in [3.8, 4) is 0 Å². The highest BCUT2D eigenvalue weighted by Gasteiger charge is 2.16. The summed E-state index contributed by atoms with van der Waals surface area (Å²) in [7, 11) is 0. The number of hydrogen-bond acceptors (Lipinski definition) is 3. The van der Waals surface area contributed by atoms with Crippen LogP contribution in [0.3, 0.4) is 0 Å². The molecule has 0 bridgehead atoms. The van der Waals surface area contributed by atoms with Gasteiger partial charge in [0.1, 0.15) is 0 Å². The third-order valence-electron chi connectivity index (χ3n) is 2.87. The summed E-state index contributed by atoms with van der Waals surface area (Å²) in [5.41, 5.74) is 7.97. The first-order valence-corrected chi connectivity index (χ1v) is 6.33. The highest BCUT2D eigenvalue weighted by molar-refractivity contribution is 5.96. The molecular weight excluding hydrogens is 264 g/mol. The number of amides is 1.